The molecule has 4 heterocycles. The maximum absolute atomic E-state index is 13.3. The first-order valence-electron chi connectivity index (χ1n) is 10.7. The maximum atomic E-state index is 13.3. The Kier molecular flexibility index (Phi) is 5.10. The van der Waals surface area contributed by atoms with E-state index in [-0.39, 0.29) is 22.8 Å². The van der Waals surface area contributed by atoms with Gasteiger partial charge in [-0.25, -0.2) is 9.78 Å². The van der Waals surface area contributed by atoms with Gasteiger partial charge in [-0.3, -0.25) is 0 Å². The number of imidazole rings is 1. The van der Waals surface area contributed by atoms with Crippen LogP contribution in [0.2, 0.25) is 5.02 Å². The van der Waals surface area contributed by atoms with Crippen molar-refractivity contribution in [1.29, 1.82) is 0 Å². The molecule has 1 unspecified atom stereocenters. The van der Waals surface area contributed by atoms with E-state index in [2.05, 4.69) is 25.5 Å². The molecule has 0 bridgehead atoms. The molecule has 0 fully saturated rings. The van der Waals surface area contributed by atoms with Gasteiger partial charge in [0, 0.05) is 32.7 Å². The summed E-state index contributed by atoms with van der Waals surface area (Å²) in [5, 5.41) is 47.6. The minimum absolute atomic E-state index is 0.190. The lowest BCUT2D eigenvalue weighted by Gasteiger charge is -2.20. The largest absolute Gasteiger partial charge is 0.618 e. The molecule has 13 heteroatoms. The van der Waals surface area contributed by atoms with Crippen molar-refractivity contribution in [1.82, 2.24) is 30.2 Å². The fourth-order valence-corrected chi connectivity index (χ4v) is 5.47. The third-order valence-electron chi connectivity index (χ3n) is 6.21. The molecule has 0 aliphatic heterocycles. The number of halogens is 1. The molecule has 0 radical (unpaired) electrons. The molecule has 3 N–H and O–H groups in total. The second-order valence-electron chi connectivity index (χ2n) is 8.35. The molecule has 0 saturated heterocycles. The van der Waals surface area contributed by atoms with Crippen LogP contribution in [0.1, 0.15) is 33.2 Å². The third kappa shape index (κ3) is 3.54. The summed E-state index contributed by atoms with van der Waals surface area (Å²) in [4.78, 5) is 18.8. The lowest BCUT2D eigenvalue weighted by atomic mass is 9.98. The van der Waals surface area contributed by atoms with Gasteiger partial charge in [-0.2, -0.15) is 9.41 Å². The van der Waals surface area contributed by atoms with Gasteiger partial charge >= 0.3 is 5.97 Å². The van der Waals surface area contributed by atoms with Gasteiger partial charge in [-0.1, -0.05) is 11.6 Å². The zero-order valence-corrected chi connectivity index (χ0v) is 19.9. The first kappa shape index (κ1) is 22.3. The molecule has 36 heavy (non-hydrogen) atoms. The number of H-pyrrole nitrogens is 1. The predicted molar refractivity (Wildman–Crippen MR) is 129 cm³/mol. The van der Waals surface area contributed by atoms with E-state index in [1.165, 1.54) is 29.5 Å². The van der Waals surface area contributed by atoms with Crippen LogP contribution < -0.4 is 4.73 Å². The highest BCUT2D eigenvalue weighted by molar-refractivity contribution is 7.12. The summed E-state index contributed by atoms with van der Waals surface area (Å²) in [6.07, 6.45) is 5.05. The highest BCUT2D eigenvalue weighted by Gasteiger charge is 2.48. The van der Waals surface area contributed by atoms with Crippen molar-refractivity contribution in [3.8, 4) is 28.1 Å². The zero-order chi connectivity index (χ0) is 25.0. The second kappa shape index (κ2) is 8.22. The molecule has 0 saturated carbocycles. The number of rotatable bonds is 5. The van der Waals surface area contributed by atoms with Gasteiger partial charge in [-0.05, 0) is 53.6 Å². The van der Waals surface area contributed by atoms with Crippen LogP contribution in [0.15, 0.2) is 54.4 Å². The molecular formula is C23H16ClN7O4S. The average Bonchev–Trinajstić information content (AvgIpc) is 3.65. The average molecular weight is 522 g/mol. The fraction of sp³-hybridized carbons (Fsp3) is 0.130. The number of nitrogens with zero attached hydrogens (tertiary/aromatic N) is 6. The van der Waals surface area contributed by atoms with Gasteiger partial charge in [-0.15, -0.1) is 16.4 Å². The Hall–Kier alpha value is -4.13. The molecule has 1 aliphatic carbocycles. The summed E-state index contributed by atoms with van der Waals surface area (Å²) in [5.74, 6) is -0.797. The number of carbonyl (C=O) groups is 1. The molecular weight excluding hydrogens is 506 g/mol. The normalized spacial score (nSPS) is 16.8. The highest BCUT2D eigenvalue weighted by Crippen LogP contribution is 2.41. The Bertz CT molecular complexity index is 1630. The van der Waals surface area contributed by atoms with Crippen LogP contribution in [0.5, 0.6) is 0 Å². The summed E-state index contributed by atoms with van der Waals surface area (Å²) in [7, 11) is 0. The number of aliphatic hydroxyl groups is 1. The van der Waals surface area contributed by atoms with Gasteiger partial charge < -0.3 is 20.4 Å². The number of tetrazole rings is 1. The van der Waals surface area contributed by atoms with Crippen LogP contribution in [0.3, 0.4) is 0 Å². The van der Waals surface area contributed by atoms with Crippen LogP contribution in [0.4, 0.5) is 0 Å². The summed E-state index contributed by atoms with van der Waals surface area (Å²) in [6.45, 7) is 0. The molecule has 180 valence electrons. The molecule has 6 rings (SSSR count). The van der Waals surface area contributed by atoms with Gasteiger partial charge in [0.1, 0.15) is 17.0 Å². The number of aromatic carboxylic acids is 1. The van der Waals surface area contributed by atoms with Crippen molar-refractivity contribution >= 4 is 28.9 Å². The van der Waals surface area contributed by atoms with E-state index < -0.39 is 11.6 Å². The molecule has 4 aromatic heterocycles. The van der Waals surface area contributed by atoms with Crippen LogP contribution in [0, 0.1) is 5.21 Å². The van der Waals surface area contributed by atoms with E-state index in [0.717, 1.165) is 11.3 Å². The van der Waals surface area contributed by atoms with Crippen LogP contribution in [-0.4, -0.2) is 46.4 Å². The van der Waals surface area contributed by atoms with E-state index in [1.807, 2.05) is 6.07 Å². The van der Waals surface area contributed by atoms with Gasteiger partial charge in [0.25, 0.3) is 0 Å². The first-order valence-corrected chi connectivity index (χ1v) is 12.0. The monoisotopic (exact) mass is 521 g/mol. The number of hydrogen-bond acceptors (Lipinski definition) is 8. The highest BCUT2D eigenvalue weighted by atomic mass is 35.5. The smallest absolute Gasteiger partial charge is 0.345 e. The number of carboxylic acids is 1. The third-order valence-corrected chi connectivity index (χ3v) is 7.37. The summed E-state index contributed by atoms with van der Waals surface area (Å²) in [6, 6.07) is 8.58. The van der Waals surface area contributed by atoms with Gasteiger partial charge in [0.2, 0.25) is 11.3 Å². The Labute approximate surface area is 211 Å². The minimum atomic E-state index is -1.63. The number of aryl methyl sites for hydroxylation is 1. The van der Waals surface area contributed by atoms with Crippen molar-refractivity contribution in [2.45, 2.75) is 18.4 Å². The van der Waals surface area contributed by atoms with Crippen molar-refractivity contribution in [3.63, 3.8) is 0 Å². The SMILES string of the molecule is O=C(O)c1cc(-c2cnc(C3(O)CCc4cc(-c5cc(Cl)ccc5-n5cnnn5)c[n+]([O-])c43)[nH]2)cs1. The molecule has 1 aromatic carbocycles. The molecule has 0 amide bonds. The summed E-state index contributed by atoms with van der Waals surface area (Å²) < 4.78 is 2.15. The molecule has 1 atom stereocenters. The summed E-state index contributed by atoms with van der Waals surface area (Å²) >= 11 is 7.35. The molecule has 0 spiro atoms. The van der Waals surface area contributed by atoms with Gasteiger partial charge in [0.15, 0.2) is 6.20 Å². The lowest BCUT2D eigenvalue weighted by molar-refractivity contribution is -0.620. The van der Waals surface area contributed by atoms with Gasteiger partial charge in [0.05, 0.1) is 17.6 Å². The molecule has 5 aromatic rings. The number of hydrogen-bond donors (Lipinski definition) is 3. The topological polar surface area (TPSA) is 157 Å². The predicted octanol–water partition coefficient (Wildman–Crippen LogP) is 2.95. The van der Waals surface area contributed by atoms with Crippen molar-refractivity contribution in [2.75, 3.05) is 0 Å². The number of thiophene rings is 1. The number of nitrogens with one attached hydrogen (secondary N) is 1. The number of benzene rings is 1. The number of pyridine rings is 1. The Morgan fingerprint density at radius 3 is 2.89 bits per heavy atom. The van der Waals surface area contributed by atoms with E-state index in [0.29, 0.717) is 49.8 Å². The number of aromatic nitrogens is 7. The Morgan fingerprint density at radius 2 is 2.14 bits per heavy atom. The zero-order valence-electron chi connectivity index (χ0n) is 18.3. The van der Waals surface area contributed by atoms with Crippen molar-refractivity contribution < 1.29 is 19.7 Å². The van der Waals surface area contributed by atoms with E-state index in [9.17, 15) is 20.2 Å². The molecule has 11 nitrogen and oxygen atoms in total. The number of fused-ring (bicyclic) bond motifs is 1. The van der Waals surface area contributed by atoms with Crippen molar-refractivity contribution in [3.05, 3.63) is 86.6 Å². The minimum Gasteiger partial charge on any atom is -0.618 e. The number of aromatic amines is 1. The standard InChI is InChI=1S/C23H16ClN7O4S/c24-15-1-2-18(30-11-26-28-29-30)16(7-15)13-5-12-3-4-23(34,20(12)31(35)9-13)22-25-8-17(27-22)14-6-19(21(32)33)36-10-14/h1-2,5-11,34H,3-4H2,(H,25,27)(H,32,33). The molecule has 1 aliphatic rings. The summed E-state index contributed by atoms with van der Waals surface area (Å²) in [5.41, 5.74) is 2.32. The number of carboxylic acid groups (broad SMARTS) is 1. The van der Waals surface area contributed by atoms with E-state index >= 15 is 0 Å². The Balaban J connectivity index is 1.40. The fourth-order valence-electron chi connectivity index (χ4n) is 4.55. The van der Waals surface area contributed by atoms with Crippen molar-refractivity contribution in [2.24, 2.45) is 0 Å². The van der Waals surface area contributed by atoms with Crippen LogP contribution >= 0.6 is 22.9 Å². The second-order valence-corrected chi connectivity index (χ2v) is 9.70. The van der Waals surface area contributed by atoms with E-state index in [1.54, 1.807) is 23.6 Å². The van der Waals surface area contributed by atoms with E-state index in [4.69, 9.17) is 11.6 Å². The first-order chi connectivity index (χ1) is 17.3. The lowest BCUT2D eigenvalue weighted by Crippen LogP contribution is -2.42. The van der Waals surface area contributed by atoms with Crippen LogP contribution in [-0.2, 0) is 12.0 Å². The quantitative estimate of drug-likeness (QED) is 0.235. The Morgan fingerprint density at radius 1 is 1.28 bits per heavy atom. The maximum Gasteiger partial charge on any atom is 0.345 e. The van der Waals surface area contributed by atoms with Crippen LogP contribution in [0.25, 0.3) is 28.1 Å².